The third-order valence-electron chi connectivity index (χ3n) is 3.15. The van der Waals surface area contributed by atoms with Gasteiger partial charge in [0.05, 0.1) is 24.9 Å². The van der Waals surface area contributed by atoms with Crippen LogP contribution in [0.5, 0.6) is 0 Å². The second-order valence-corrected chi connectivity index (χ2v) is 5.51. The molecule has 1 aromatic rings. The summed E-state index contributed by atoms with van der Waals surface area (Å²) >= 11 is 5.96. The van der Waals surface area contributed by atoms with Crippen LogP contribution in [0, 0.1) is 17.2 Å². The van der Waals surface area contributed by atoms with Gasteiger partial charge >= 0.3 is 0 Å². The Hall–Kier alpha value is -2.10. The number of allylic oxidation sites excluding steroid dienone is 3. The lowest BCUT2D eigenvalue weighted by molar-refractivity contribution is -0.138. The van der Waals surface area contributed by atoms with Gasteiger partial charge in [0.2, 0.25) is 0 Å². The van der Waals surface area contributed by atoms with Crippen molar-refractivity contribution in [3.05, 3.63) is 41.6 Å². The Bertz CT molecular complexity index is 626. The van der Waals surface area contributed by atoms with Gasteiger partial charge in [-0.05, 0) is 19.4 Å². The van der Waals surface area contributed by atoms with Gasteiger partial charge in [0.25, 0.3) is 5.91 Å². The summed E-state index contributed by atoms with van der Waals surface area (Å²) < 4.78 is 1.61. The lowest BCUT2D eigenvalue weighted by Gasteiger charge is -2.24. The average molecular weight is 307 g/mol. The van der Waals surface area contributed by atoms with Crippen molar-refractivity contribution in [1.29, 1.82) is 5.26 Å². The molecule has 7 heteroatoms. The fourth-order valence-electron chi connectivity index (χ4n) is 1.94. The Morgan fingerprint density at radius 2 is 2.52 bits per heavy atom. The van der Waals surface area contributed by atoms with Crippen molar-refractivity contribution in [3.8, 4) is 6.07 Å². The molecule has 1 aliphatic rings. The highest BCUT2D eigenvalue weighted by atomic mass is 35.5. The number of nitrogens with one attached hydrogen (secondary N) is 1. The van der Waals surface area contributed by atoms with Crippen LogP contribution in [0.4, 0.5) is 0 Å². The van der Waals surface area contributed by atoms with E-state index in [0.717, 1.165) is 0 Å². The Kier molecular flexibility index (Phi) is 4.46. The number of aromatic nitrogens is 2. The second-order valence-electron chi connectivity index (χ2n) is 5.07. The molecule has 1 unspecified atom stereocenters. The van der Waals surface area contributed by atoms with Crippen molar-refractivity contribution >= 4 is 17.5 Å². The summed E-state index contributed by atoms with van der Waals surface area (Å²) in [6.45, 7) is 1.51. The zero-order valence-corrected chi connectivity index (χ0v) is 12.2. The smallest absolute Gasteiger partial charge is 0.257 e. The van der Waals surface area contributed by atoms with Gasteiger partial charge in [-0.1, -0.05) is 17.7 Å². The van der Waals surface area contributed by atoms with Gasteiger partial charge in [-0.3, -0.25) is 4.79 Å². The summed E-state index contributed by atoms with van der Waals surface area (Å²) in [6, 6.07) is 2.07. The van der Waals surface area contributed by atoms with Crippen molar-refractivity contribution in [3.63, 3.8) is 0 Å². The molecule has 0 saturated heterocycles. The summed E-state index contributed by atoms with van der Waals surface area (Å²) in [5.74, 6) is -0.919. The number of carbonyl (C=O) groups excluding carboxylic acids is 1. The van der Waals surface area contributed by atoms with Crippen LogP contribution in [0.1, 0.15) is 13.3 Å². The molecule has 0 bridgehead atoms. The van der Waals surface area contributed by atoms with E-state index in [-0.39, 0.29) is 12.5 Å². The number of carbonyl (C=O) groups is 1. The molecule has 1 amide bonds. The highest BCUT2D eigenvalue weighted by Gasteiger charge is 2.31. The van der Waals surface area contributed by atoms with E-state index in [2.05, 4.69) is 16.4 Å². The summed E-state index contributed by atoms with van der Waals surface area (Å²) in [6.07, 6.45) is 8.44. The molecule has 0 spiro atoms. The Morgan fingerprint density at radius 3 is 3.10 bits per heavy atom. The number of rotatable bonds is 4. The normalized spacial score (nSPS) is 20.8. The maximum absolute atomic E-state index is 12.1. The van der Waals surface area contributed by atoms with Crippen molar-refractivity contribution in [2.24, 2.45) is 5.92 Å². The summed E-state index contributed by atoms with van der Waals surface area (Å²) in [4.78, 5) is 16.0. The molecular weight excluding hydrogens is 292 g/mol. The number of hydrogen-bond donors (Lipinski definition) is 2. The van der Waals surface area contributed by atoms with E-state index < -0.39 is 11.5 Å². The first-order valence-corrected chi connectivity index (χ1v) is 6.76. The lowest BCUT2D eigenvalue weighted by atomic mass is 10.00. The molecule has 21 heavy (non-hydrogen) atoms. The fourth-order valence-corrected chi connectivity index (χ4v) is 2.20. The van der Waals surface area contributed by atoms with E-state index >= 15 is 0 Å². The van der Waals surface area contributed by atoms with Crippen molar-refractivity contribution in [1.82, 2.24) is 14.9 Å². The zero-order chi connectivity index (χ0) is 15.5. The Labute approximate surface area is 127 Å². The van der Waals surface area contributed by atoms with Crippen molar-refractivity contribution in [2.45, 2.75) is 25.5 Å². The molecule has 1 heterocycles. The van der Waals surface area contributed by atoms with Gasteiger partial charge in [-0.2, -0.15) is 5.26 Å². The van der Waals surface area contributed by atoms with Gasteiger partial charge in [0, 0.05) is 23.1 Å². The first kappa shape index (κ1) is 15.3. The van der Waals surface area contributed by atoms with Crippen molar-refractivity contribution < 1.29 is 9.90 Å². The Morgan fingerprint density at radius 1 is 1.76 bits per heavy atom. The average Bonchev–Trinajstić information content (AvgIpc) is 2.91. The molecular formula is C14H15ClN4O2. The standard InChI is InChI=1S/C14H15ClN4O2/c1-14(21,8-19-5-4-17-9-19)13(20)18-11-3-2-10(7-16)12(15)6-11/h3-6,9-10,21H,2,8H2,1H3,(H,18,20)/t10?,14-/m0/s1. The minimum Gasteiger partial charge on any atom is -0.378 e. The van der Waals surface area contributed by atoms with E-state index in [4.69, 9.17) is 16.9 Å². The molecule has 0 saturated carbocycles. The van der Waals surface area contributed by atoms with Gasteiger partial charge in [0.1, 0.15) is 0 Å². The maximum Gasteiger partial charge on any atom is 0.257 e. The van der Waals surface area contributed by atoms with E-state index in [1.54, 1.807) is 23.0 Å². The highest BCUT2D eigenvalue weighted by Crippen LogP contribution is 2.25. The number of halogens is 1. The zero-order valence-electron chi connectivity index (χ0n) is 11.5. The van der Waals surface area contributed by atoms with Gasteiger partial charge in [-0.25, -0.2) is 4.98 Å². The third kappa shape index (κ3) is 3.72. The largest absolute Gasteiger partial charge is 0.378 e. The molecule has 0 radical (unpaired) electrons. The highest BCUT2D eigenvalue weighted by molar-refractivity contribution is 6.30. The molecule has 0 fully saturated rings. The monoisotopic (exact) mass is 306 g/mol. The maximum atomic E-state index is 12.1. The predicted octanol–water partition coefficient (Wildman–Crippen LogP) is 1.30. The quantitative estimate of drug-likeness (QED) is 0.877. The first-order chi connectivity index (χ1) is 9.92. The number of aliphatic hydroxyl groups is 1. The van der Waals surface area contributed by atoms with Gasteiger partial charge in [0.15, 0.2) is 5.60 Å². The minimum absolute atomic E-state index is 0.0877. The molecule has 0 aliphatic heterocycles. The molecule has 1 aromatic heterocycles. The van der Waals surface area contributed by atoms with Crippen LogP contribution >= 0.6 is 11.6 Å². The van der Waals surface area contributed by atoms with E-state index in [0.29, 0.717) is 17.2 Å². The third-order valence-corrected chi connectivity index (χ3v) is 3.52. The number of amides is 1. The van der Waals surface area contributed by atoms with E-state index in [1.807, 2.05) is 0 Å². The molecule has 2 atom stereocenters. The van der Waals surface area contributed by atoms with Crippen LogP contribution in [0.3, 0.4) is 0 Å². The second kappa shape index (κ2) is 6.12. The van der Waals surface area contributed by atoms with Crippen LogP contribution in [-0.4, -0.2) is 26.2 Å². The molecule has 0 aromatic carbocycles. The molecule has 110 valence electrons. The van der Waals surface area contributed by atoms with Crippen LogP contribution in [0.15, 0.2) is 41.6 Å². The van der Waals surface area contributed by atoms with E-state index in [1.165, 1.54) is 19.3 Å². The van der Waals surface area contributed by atoms with Gasteiger partial charge in [-0.15, -0.1) is 0 Å². The lowest BCUT2D eigenvalue weighted by Crippen LogP contribution is -2.47. The van der Waals surface area contributed by atoms with Crippen LogP contribution < -0.4 is 5.32 Å². The van der Waals surface area contributed by atoms with Crippen LogP contribution in [-0.2, 0) is 11.3 Å². The number of nitriles is 1. The summed E-state index contributed by atoms with van der Waals surface area (Å²) in [5.41, 5.74) is -1.10. The summed E-state index contributed by atoms with van der Waals surface area (Å²) in [5, 5.41) is 22.1. The molecule has 6 nitrogen and oxygen atoms in total. The van der Waals surface area contributed by atoms with E-state index in [9.17, 15) is 9.90 Å². The fraction of sp³-hybridized carbons (Fsp3) is 0.357. The predicted molar refractivity (Wildman–Crippen MR) is 76.7 cm³/mol. The first-order valence-electron chi connectivity index (χ1n) is 6.39. The summed E-state index contributed by atoms with van der Waals surface area (Å²) in [7, 11) is 0. The number of hydrogen-bond acceptors (Lipinski definition) is 4. The molecule has 2 N–H and O–H groups in total. The Balaban J connectivity index is 2.02. The van der Waals surface area contributed by atoms with Gasteiger partial charge < -0.3 is 15.0 Å². The minimum atomic E-state index is -1.59. The molecule has 2 rings (SSSR count). The number of imidazole rings is 1. The topological polar surface area (TPSA) is 90.9 Å². The SMILES string of the molecule is C[C@](O)(Cn1ccnc1)C(=O)NC1=CCC(C#N)C(Cl)=C1. The van der Waals surface area contributed by atoms with Crippen LogP contribution in [0.25, 0.3) is 0 Å². The van der Waals surface area contributed by atoms with Crippen molar-refractivity contribution in [2.75, 3.05) is 0 Å². The number of nitrogens with zero attached hydrogens (tertiary/aromatic N) is 3. The molecule has 1 aliphatic carbocycles. The van der Waals surface area contributed by atoms with Crippen LogP contribution in [0.2, 0.25) is 0 Å².